The maximum absolute atomic E-state index is 12.6. The van der Waals surface area contributed by atoms with Gasteiger partial charge in [-0.3, -0.25) is 4.68 Å². The molecule has 0 atom stereocenters. The van der Waals surface area contributed by atoms with Gasteiger partial charge in [0.1, 0.15) is 0 Å². The molecule has 3 nitrogen and oxygen atoms in total. The molecule has 0 unspecified atom stereocenters. The Bertz CT molecular complexity index is 600. The number of alkyl halides is 3. The highest BCUT2D eigenvalue weighted by molar-refractivity contribution is 5.76. The van der Waals surface area contributed by atoms with Gasteiger partial charge in [-0.1, -0.05) is 19.9 Å². The van der Waals surface area contributed by atoms with E-state index in [2.05, 4.69) is 18.9 Å². The van der Waals surface area contributed by atoms with Crippen molar-refractivity contribution in [3.8, 4) is 11.1 Å². The van der Waals surface area contributed by atoms with E-state index in [-0.39, 0.29) is 5.69 Å². The van der Waals surface area contributed by atoms with Crippen molar-refractivity contribution in [1.82, 2.24) is 9.78 Å². The fraction of sp³-hybridized carbons (Fsp3) is 0.357. The van der Waals surface area contributed by atoms with E-state index in [0.29, 0.717) is 11.5 Å². The zero-order valence-corrected chi connectivity index (χ0v) is 11.3. The maximum atomic E-state index is 12.6. The summed E-state index contributed by atoms with van der Waals surface area (Å²) in [5, 5.41) is 4.18. The maximum Gasteiger partial charge on any atom is 0.416 e. The van der Waals surface area contributed by atoms with Gasteiger partial charge in [-0.05, 0) is 18.1 Å². The lowest BCUT2D eigenvalue weighted by atomic mass is 10.0. The molecule has 0 saturated heterocycles. The van der Waals surface area contributed by atoms with Crippen LogP contribution in [0.1, 0.15) is 19.4 Å². The SMILES string of the molecule is CC(C)Cn1cc(-c2ccc(C(F)(F)F)cc2N)cn1. The molecule has 0 radical (unpaired) electrons. The number of hydrogen-bond acceptors (Lipinski definition) is 2. The van der Waals surface area contributed by atoms with Crippen molar-refractivity contribution < 1.29 is 13.2 Å². The third-order valence-electron chi connectivity index (χ3n) is 2.88. The Hall–Kier alpha value is -1.98. The zero-order valence-electron chi connectivity index (χ0n) is 11.3. The van der Waals surface area contributed by atoms with E-state index in [1.807, 2.05) is 0 Å². The van der Waals surface area contributed by atoms with Gasteiger partial charge >= 0.3 is 6.18 Å². The minimum atomic E-state index is -4.38. The predicted octanol–water partition coefficient (Wildman–Crippen LogP) is 3.81. The second kappa shape index (κ2) is 5.19. The van der Waals surface area contributed by atoms with Crippen molar-refractivity contribution in [3.63, 3.8) is 0 Å². The van der Waals surface area contributed by atoms with Gasteiger partial charge in [0, 0.05) is 29.6 Å². The minimum Gasteiger partial charge on any atom is -0.398 e. The van der Waals surface area contributed by atoms with Gasteiger partial charge < -0.3 is 5.73 Å². The van der Waals surface area contributed by atoms with Gasteiger partial charge in [-0.25, -0.2) is 0 Å². The molecule has 0 aliphatic carbocycles. The largest absolute Gasteiger partial charge is 0.416 e. The Morgan fingerprint density at radius 3 is 2.55 bits per heavy atom. The smallest absolute Gasteiger partial charge is 0.398 e. The molecule has 2 N–H and O–H groups in total. The third-order valence-corrected chi connectivity index (χ3v) is 2.88. The number of rotatable bonds is 3. The molecule has 2 aromatic rings. The summed E-state index contributed by atoms with van der Waals surface area (Å²) in [6.45, 7) is 4.88. The number of nitrogen functional groups attached to an aromatic ring is 1. The number of aromatic nitrogens is 2. The molecular formula is C14H16F3N3. The predicted molar refractivity (Wildman–Crippen MR) is 71.9 cm³/mol. The molecule has 0 aliphatic rings. The second-order valence-electron chi connectivity index (χ2n) is 5.14. The molecule has 1 aromatic carbocycles. The Morgan fingerprint density at radius 1 is 1.30 bits per heavy atom. The molecule has 0 aliphatic heterocycles. The van der Waals surface area contributed by atoms with E-state index >= 15 is 0 Å². The molecule has 0 spiro atoms. The summed E-state index contributed by atoms with van der Waals surface area (Å²) >= 11 is 0. The van der Waals surface area contributed by atoms with Crippen LogP contribution in [-0.2, 0) is 12.7 Å². The standard InChI is InChI=1S/C14H16F3N3/c1-9(2)7-20-8-10(6-19-20)12-4-3-11(5-13(12)18)14(15,16)17/h3-6,8-9H,7,18H2,1-2H3. The van der Waals surface area contributed by atoms with Crippen LogP contribution in [0.25, 0.3) is 11.1 Å². The second-order valence-corrected chi connectivity index (χ2v) is 5.14. The monoisotopic (exact) mass is 283 g/mol. The summed E-state index contributed by atoms with van der Waals surface area (Å²) in [5.41, 5.74) is 6.36. The summed E-state index contributed by atoms with van der Waals surface area (Å²) in [7, 11) is 0. The van der Waals surface area contributed by atoms with E-state index in [4.69, 9.17) is 5.73 Å². The van der Waals surface area contributed by atoms with Crippen molar-refractivity contribution in [2.45, 2.75) is 26.6 Å². The van der Waals surface area contributed by atoms with Crippen LogP contribution in [0.15, 0.2) is 30.6 Å². The van der Waals surface area contributed by atoms with E-state index in [9.17, 15) is 13.2 Å². The van der Waals surface area contributed by atoms with Crippen LogP contribution in [0, 0.1) is 5.92 Å². The van der Waals surface area contributed by atoms with Crippen LogP contribution in [0.5, 0.6) is 0 Å². The molecule has 0 saturated carbocycles. The first kappa shape index (κ1) is 14.4. The van der Waals surface area contributed by atoms with Gasteiger partial charge in [-0.2, -0.15) is 18.3 Å². The summed E-state index contributed by atoms with van der Waals surface area (Å²) in [5.74, 6) is 0.438. The van der Waals surface area contributed by atoms with E-state index in [1.54, 1.807) is 17.1 Å². The fourth-order valence-electron chi connectivity index (χ4n) is 1.98. The van der Waals surface area contributed by atoms with Crippen LogP contribution >= 0.6 is 0 Å². The van der Waals surface area contributed by atoms with Crippen LogP contribution in [0.4, 0.5) is 18.9 Å². The van der Waals surface area contributed by atoms with Crippen LogP contribution in [0.2, 0.25) is 0 Å². The summed E-state index contributed by atoms with van der Waals surface area (Å²) in [4.78, 5) is 0. The van der Waals surface area contributed by atoms with Crippen molar-refractivity contribution in [2.75, 3.05) is 5.73 Å². The number of nitrogens with zero attached hydrogens (tertiary/aromatic N) is 2. The molecule has 0 bridgehead atoms. The molecule has 108 valence electrons. The van der Waals surface area contributed by atoms with Gasteiger partial charge in [0.25, 0.3) is 0 Å². The van der Waals surface area contributed by atoms with Crippen molar-refractivity contribution in [2.24, 2.45) is 5.92 Å². The lowest BCUT2D eigenvalue weighted by Gasteiger charge is -2.10. The lowest BCUT2D eigenvalue weighted by Crippen LogP contribution is -2.06. The average Bonchev–Trinajstić information content (AvgIpc) is 2.75. The van der Waals surface area contributed by atoms with E-state index in [0.717, 1.165) is 24.2 Å². The Labute approximate surface area is 115 Å². The first-order valence-electron chi connectivity index (χ1n) is 6.27. The Morgan fingerprint density at radius 2 is 2.00 bits per heavy atom. The topological polar surface area (TPSA) is 43.8 Å². The minimum absolute atomic E-state index is 0.101. The van der Waals surface area contributed by atoms with Crippen molar-refractivity contribution in [1.29, 1.82) is 0 Å². The Kier molecular flexibility index (Phi) is 3.74. The highest BCUT2D eigenvalue weighted by Gasteiger charge is 2.30. The van der Waals surface area contributed by atoms with E-state index in [1.165, 1.54) is 6.07 Å². The van der Waals surface area contributed by atoms with Gasteiger partial charge in [0.15, 0.2) is 0 Å². The first-order valence-corrected chi connectivity index (χ1v) is 6.27. The Balaban J connectivity index is 2.31. The number of hydrogen-bond donors (Lipinski definition) is 1. The molecule has 2 rings (SSSR count). The van der Waals surface area contributed by atoms with Crippen molar-refractivity contribution >= 4 is 5.69 Å². The molecule has 1 aromatic heterocycles. The van der Waals surface area contributed by atoms with Gasteiger partial charge in [-0.15, -0.1) is 0 Å². The van der Waals surface area contributed by atoms with Crippen LogP contribution < -0.4 is 5.73 Å². The van der Waals surface area contributed by atoms with Crippen LogP contribution in [0.3, 0.4) is 0 Å². The van der Waals surface area contributed by atoms with Gasteiger partial charge in [0.2, 0.25) is 0 Å². The molecule has 6 heteroatoms. The number of nitrogens with two attached hydrogens (primary N) is 1. The molecular weight excluding hydrogens is 267 g/mol. The normalized spacial score (nSPS) is 12.1. The summed E-state index contributed by atoms with van der Waals surface area (Å²) < 4.78 is 39.5. The fourth-order valence-corrected chi connectivity index (χ4v) is 1.98. The summed E-state index contributed by atoms with van der Waals surface area (Å²) in [6, 6.07) is 3.37. The zero-order chi connectivity index (χ0) is 14.9. The van der Waals surface area contributed by atoms with E-state index < -0.39 is 11.7 Å². The molecule has 0 fully saturated rings. The highest BCUT2D eigenvalue weighted by Crippen LogP contribution is 2.34. The quantitative estimate of drug-likeness (QED) is 0.870. The van der Waals surface area contributed by atoms with Crippen molar-refractivity contribution in [3.05, 3.63) is 36.2 Å². The van der Waals surface area contributed by atoms with Crippen LogP contribution in [-0.4, -0.2) is 9.78 Å². The summed E-state index contributed by atoms with van der Waals surface area (Å²) in [6.07, 6.45) is -0.977. The molecule has 20 heavy (non-hydrogen) atoms. The number of halogens is 3. The third kappa shape index (κ3) is 3.12. The van der Waals surface area contributed by atoms with Gasteiger partial charge in [0.05, 0.1) is 11.8 Å². The molecule has 1 heterocycles. The molecule has 0 amide bonds. The average molecular weight is 283 g/mol. The lowest BCUT2D eigenvalue weighted by molar-refractivity contribution is -0.137. The number of anilines is 1. The highest BCUT2D eigenvalue weighted by atomic mass is 19.4. The number of benzene rings is 1. The first-order chi connectivity index (χ1) is 9.27.